The van der Waals surface area contributed by atoms with E-state index in [1.165, 1.54) is 0 Å². The molecule has 2 atom stereocenters. The molecule has 2 aliphatic heterocycles. The van der Waals surface area contributed by atoms with Gasteiger partial charge >= 0.3 is 5.97 Å². The summed E-state index contributed by atoms with van der Waals surface area (Å²) in [6, 6.07) is 0. The van der Waals surface area contributed by atoms with E-state index in [4.69, 9.17) is 9.84 Å². The number of carboxylic acid groups (broad SMARTS) is 1. The van der Waals surface area contributed by atoms with Crippen LogP contribution in [0.3, 0.4) is 0 Å². The molecule has 2 fully saturated rings. The second-order valence-electron chi connectivity index (χ2n) is 4.44. The molecule has 0 aromatic heterocycles. The first kappa shape index (κ1) is 9.34. The molecule has 0 aliphatic carbocycles. The maximum atomic E-state index is 10.7. The van der Waals surface area contributed by atoms with Crippen LogP contribution in [0.15, 0.2) is 0 Å². The van der Waals surface area contributed by atoms with Crippen molar-refractivity contribution in [1.82, 2.24) is 0 Å². The molecule has 3 nitrogen and oxygen atoms in total. The van der Waals surface area contributed by atoms with Gasteiger partial charge in [-0.1, -0.05) is 13.8 Å². The van der Waals surface area contributed by atoms with Crippen molar-refractivity contribution >= 4 is 17.7 Å². The van der Waals surface area contributed by atoms with Crippen LogP contribution in [0.4, 0.5) is 0 Å². The van der Waals surface area contributed by atoms with Crippen molar-refractivity contribution in [2.45, 2.75) is 43.1 Å². The van der Waals surface area contributed by atoms with Crippen molar-refractivity contribution in [3.05, 3.63) is 0 Å². The molecule has 2 aliphatic rings. The minimum atomic E-state index is -0.803. The second-order valence-corrected chi connectivity index (χ2v) is 6.24. The molecule has 2 saturated heterocycles. The van der Waals surface area contributed by atoms with Crippen LogP contribution in [0.5, 0.6) is 0 Å². The van der Waals surface area contributed by atoms with Crippen LogP contribution in [0, 0.1) is 0 Å². The summed E-state index contributed by atoms with van der Waals surface area (Å²) >= 11 is 1.90. The Morgan fingerprint density at radius 1 is 1.62 bits per heavy atom. The monoisotopic (exact) mass is 202 g/mol. The number of thioether (sulfide) groups is 1. The Hall–Kier alpha value is -0.220. The summed E-state index contributed by atoms with van der Waals surface area (Å²) in [4.78, 5) is 10.7. The summed E-state index contributed by atoms with van der Waals surface area (Å²) in [7, 11) is 0. The normalized spacial score (nSPS) is 41.8. The molecule has 74 valence electrons. The molecule has 2 unspecified atom stereocenters. The topological polar surface area (TPSA) is 49.8 Å². The van der Waals surface area contributed by atoms with Crippen LogP contribution in [-0.4, -0.2) is 33.3 Å². The Balaban J connectivity index is 2.06. The highest BCUT2D eigenvalue weighted by molar-refractivity contribution is 8.00. The first-order valence-electron chi connectivity index (χ1n) is 4.50. The number of hydrogen-bond donors (Lipinski definition) is 1. The lowest BCUT2D eigenvalue weighted by atomic mass is 9.90. The highest BCUT2D eigenvalue weighted by Crippen LogP contribution is 2.53. The number of carbonyl (C=O) groups is 1. The quantitative estimate of drug-likeness (QED) is 0.655. The molecule has 0 aromatic carbocycles. The van der Waals surface area contributed by atoms with E-state index in [-0.39, 0.29) is 10.3 Å². The van der Waals surface area contributed by atoms with Gasteiger partial charge < -0.3 is 9.84 Å². The van der Waals surface area contributed by atoms with Gasteiger partial charge in [0.25, 0.3) is 0 Å². The number of epoxide rings is 1. The summed E-state index contributed by atoms with van der Waals surface area (Å²) < 4.78 is 5.50. The maximum Gasteiger partial charge on any atom is 0.335 e. The Labute approximate surface area is 81.8 Å². The maximum absolute atomic E-state index is 10.7. The van der Waals surface area contributed by atoms with Gasteiger partial charge in [-0.05, 0) is 18.6 Å². The van der Waals surface area contributed by atoms with Crippen LogP contribution >= 0.6 is 11.8 Å². The number of carboxylic acids is 1. The zero-order valence-corrected chi connectivity index (χ0v) is 8.69. The van der Waals surface area contributed by atoms with E-state index in [1.54, 1.807) is 0 Å². The van der Waals surface area contributed by atoms with Crippen LogP contribution in [-0.2, 0) is 9.53 Å². The van der Waals surface area contributed by atoms with Crippen molar-refractivity contribution < 1.29 is 14.6 Å². The molecule has 2 heterocycles. The van der Waals surface area contributed by atoms with E-state index < -0.39 is 12.1 Å². The molecular weight excluding hydrogens is 188 g/mol. The summed E-state index contributed by atoms with van der Waals surface area (Å²) in [5, 5.41) is 8.81. The number of aliphatic carboxylic acids is 1. The minimum absolute atomic E-state index is 0.169. The largest absolute Gasteiger partial charge is 0.479 e. The van der Waals surface area contributed by atoms with E-state index >= 15 is 0 Å². The van der Waals surface area contributed by atoms with E-state index in [0.717, 1.165) is 18.6 Å². The van der Waals surface area contributed by atoms with Gasteiger partial charge in [-0.3, -0.25) is 0 Å². The SMILES string of the molecule is CC1(C)CC2(CCS1)OC2C(=O)O. The van der Waals surface area contributed by atoms with Gasteiger partial charge in [0.15, 0.2) is 6.10 Å². The second kappa shape index (κ2) is 2.64. The molecule has 4 heteroatoms. The fourth-order valence-corrected chi connectivity index (χ4v) is 3.51. The Morgan fingerprint density at radius 2 is 2.31 bits per heavy atom. The zero-order valence-electron chi connectivity index (χ0n) is 7.87. The fraction of sp³-hybridized carbons (Fsp3) is 0.889. The highest BCUT2D eigenvalue weighted by atomic mass is 32.2. The zero-order chi connectivity index (χ0) is 9.69. The molecule has 1 spiro atoms. The molecule has 0 amide bonds. The minimum Gasteiger partial charge on any atom is -0.479 e. The van der Waals surface area contributed by atoms with Gasteiger partial charge in [-0.2, -0.15) is 11.8 Å². The third-order valence-electron chi connectivity index (χ3n) is 2.74. The van der Waals surface area contributed by atoms with Crippen molar-refractivity contribution in [3.63, 3.8) is 0 Å². The predicted molar refractivity (Wildman–Crippen MR) is 51.0 cm³/mol. The fourth-order valence-electron chi connectivity index (χ4n) is 2.16. The summed E-state index contributed by atoms with van der Waals surface area (Å²) in [6.07, 6.45) is 1.22. The van der Waals surface area contributed by atoms with Crippen molar-refractivity contribution in [2.24, 2.45) is 0 Å². The molecule has 0 bridgehead atoms. The van der Waals surface area contributed by atoms with E-state index in [9.17, 15) is 4.79 Å². The van der Waals surface area contributed by atoms with Crippen LogP contribution in [0.1, 0.15) is 26.7 Å². The van der Waals surface area contributed by atoms with Gasteiger partial charge in [0, 0.05) is 4.75 Å². The molecular formula is C9H14O3S. The van der Waals surface area contributed by atoms with Crippen molar-refractivity contribution in [1.29, 1.82) is 0 Å². The van der Waals surface area contributed by atoms with E-state index in [1.807, 2.05) is 11.8 Å². The smallest absolute Gasteiger partial charge is 0.335 e. The predicted octanol–water partition coefficient (Wildman–Crippen LogP) is 1.51. The van der Waals surface area contributed by atoms with Crippen molar-refractivity contribution in [3.8, 4) is 0 Å². The molecule has 0 aromatic rings. The van der Waals surface area contributed by atoms with Gasteiger partial charge in [-0.15, -0.1) is 0 Å². The molecule has 0 radical (unpaired) electrons. The highest BCUT2D eigenvalue weighted by Gasteiger charge is 2.63. The first-order chi connectivity index (χ1) is 5.95. The van der Waals surface area contributed by atoms with Gasteiger partial charge in [0.1, 0.15) is 5.60 Å². The third-order valence-corrected chi connectivity index (χ3v) is 4.07. The number of hydrogen-bond acceptors (Lipinski definition) is 3. The lowest BCUT2D eigenvalue weighted by Gasteiger charge is -2.33. The molecule has 13 heavy (non-hydrogen) atoms. The molecule has 0 saturated carbocycles. The summed E-state index contributed by atoms with van der Waals surface area (Å²) in [5.74, 6) is 0.208. The van der Waals surface area contributed by atoms with E-state index in [2.05, 4.69) is 13.8 Å². The number of ether oxygens (including phenoxy) is 1. The van der Waals surface area contributed by atoms with Crippen LogP contribution < -0.4 is 0 Å². The van der Waals surface area contributed by atoms with Crippen LogP contribution in [0.2, 0.25) is 0 Å². The average Bonchev–Trinajstić information content (AvgIpc) is 2.60. The Kier molecular flexibility index (Phi) is 1.90. The number of rotatable bonds is 1. The van der Waals surface area contributed by atoms with Crippen molar-refractivity contribution in [2.75, 3.05) is 5.75 Å². The summed E-state index contributed by atoms with van der Waals surface area (Å²) in [6.45, 7) is 4.30. The lowest BCUT2D eigenvalue weighted by Crippen LogP contribution is -2.35. The van der Waals surface area contributed by atoms with E-state index in [0.29, 0.717) is 0 Å². The Morgan fingerprint density at radius 3 is 2.77 bits per heavy atom. The first-order valence-corrected chi connectivity index (χ1v) is 5.48. The Bertz CT molecular complexity index is 251. The molecule has 2 rings (SSSR count). The lowest BCUT2D eigenvalue weighted by molar-refractivity contribution is -0.138. The van der Waals surface area contributed by atoms with Gasteiger partial charge in [0.2, 0.25) is 0 Å². The third kappa shape index (κ3) is 1.57. The molecule has 1 N–H and O–H groups in total. The summed E-state index contributed by atoms with van der Waals surface area (Å²) in [5.41, 5.74) is -0.319. The van der Waals surface area contributed by atoms with Gasteiger partial charge in [-0.25, -0.2) is 4.79 Å². The average molecular weight is 202 g/mol. The van der Waals surface area contributed by atoms with Gasteiger partial charge in [0.05, 0.1) is 0 Å². The standard InChI is InChI=1S/C9H14O3S/c1-8(2)5-9(3-4-13-8)6(12-9)7(10)11/h6H,3-5H2,1-2H3,(H,10,11). The van der Waals surface area contributed by atoms with Crippen LogP contribution in [0.25, 0.3) is 0 Å².